The fourth-order valence-electron chi connectivity index (χ4n) is 1.41. The first-order chi connectivity index (χ1) is 9.38. The van der Waals surface area contributed by atoms with Gasteiger partial charge in [0.25, 0.3) is 5.19 Å². The second-order valence-corrected chi connectivity index (χ2v) is 5.05. The van der Waals surface area contributed by atoms with Gasteiger partial charge in [-0.3, -0.25) is 10.1 Å². The topological polar surface area (TPSA) is 103 Å². The van der Waals surface area contributed by atoms with Gasteiger partial charge in [-0.1, -0.05) is 29.0 Å². The van der Waals surface area contributed by atoms with Gasteiger partial charge in [-0.05, 0) is 18.6 Å². The third-order valence-electron chi connectivity index (χ3n) is 2.27. The molecule has 0 aliphatic rings. The van der Waals surface area contributed by atoms with Crippen LogP contribution in [0.1, 0.15) is 15.2 Å². The molecule has 1 heterocycles. The second kappa shape index (κ2) is 5.43. The molecule has 0 atom stereocenters. The van der Waals surface area contributed by atoms with Crippen molar-refractivity contribution in [2.24, 2.45) is 0 Å². The molecule has 20 heavy (non-hydrogen) atoms. The van der Waals surface area contributed by atoms with Crippen molar-refractivity contribution in [3.8, 4) is 10.9 Å². The number of carboxylic acids is 1. The van der Waals surface area contributed by atoms with E-state index in [1.54, 1.807) is 13.0 Å². The first-order valence-electron chi connectivity index (χ1n) is 5.21. The molecule has 1 N–H and O–H groups in total. The highest BCUT2D eigenvalue weighted by molar-refractivity contribution is 7.15. The molecule has 104 valence electrons. The first kappa shape index (κ1) is 14.2. The maximum absolute atomic E-state index is 10.9. The normalized spacial score (nSPS) is 10.3. The summed E-state index contributed by atoms with van der Waals surface area (Å²) in [5.41, 5.74) is 0.473. The molecule has 0 unspecified atom stereocenters. The van der Waals surface area contributed by atoms with Gasteiger partial charge < -0.3 is 9.84 Å². The van der Waals surface area contributed by atoms with Gasteiger partial charge in [-0.15, -0.1) is 0 Å². The van der Waals surface area contributed by atoms with E-state index < -0.39 is 10.9 Å². The zero-order chi connectivity index (χ0) is 14.9. The molecule has 2 rings (SSSR count). The van der Waals surface area contributed by atoms with E-state index in [1.165, 1.54) is 12.1 Å². The molecule has 0 aliphatic carbocycles. The summed E-state index contributed by atoms with van der Waals surface area (Å²) in [6, 6.07) is 4.40. The van der Waals surface area contributed by atoms with Gasteiger partial charge >= 0.3 is 11.7 Å². The number of carboxylic acid groups (broad SMARTS) is 1. The zero-order valence-electron chi connectivity index (χ0n) is 9.99. The van der Waals surface area contributed by atoms with Gasteiger partial charge in [0.15, 0.2) is 10.0 Å². The van der Waals surface area contributed by atoms with Crippen molar-refractivity contribution in [3.05, 3.63) is 43.9 Å². The third-order valence-corrected chi connectivity index (χ3v) is 3.58. The van der Waals surface area contributed by atoms with Crippen molar-refractivity contribution in [1.29, 1.82) is 0 Å². The number of thiazole rings is 1. The minimum atomic E-state index is -1.24. The highest BCUT2D eigenvalue weighted by atomic mass is 35.5. The number of benzene rings is 1. The highest BCUT2D eigenvalue weighted by Gasteiger charge is 2.21. The number of nitro benzene ring substituents is 1. The van der Waals surface area contributed by atoms with Crippen LogP contribution in [0.5, 0.6) is 10.9 Å². The Kier molecular flexibility index (Phi) is 3.86. The number of aromatic nitrogens is 1. The Morgan fingerprint density at radius 2 is 2.25 bits per heavy atom. The van der Waals surface area contributed by atoms with Crippen molar-refractivity contribution in [2.75, 3.05) is 0 Å². The van der Waals surface area contributed by atoms with Crippen LogP contribution in [-0.2, 0) is 0 Å². The quantitative estimate of drug-likeness (QED) is 0.684. The van der Waals surface area contributed by atoms with Crippen molar-refractivity contribution in [1.82, 2.24) is 4.98 Å². The molecule has 1 aromatic carbocycles. The Morgan fingerprint density at radius 3 is 2.80 bits per heavy atom. The molecule has 0 aliphatic heterocycles. The van der Waals surface area contributed by atoms with Crippen LogP contribution < -0.4 is 4.74 Å². The first-order valence-corrected chi connectivity index (χ1v) is 6.40. The Balaban J connectivity index is 2.37. The molecule has 7 nitrogen and oxygen atoms in total. The average molecular weight is 315 g/mol. The van der Waals surface area contributed by atoms with E-state index in [9.17, 15) is 14.9 Å². The standard InChI is InChI=1S/C11H7ClN2O5S/c1-5-2-3-7(6(4-5)14(17)18)19-11-13-9(12)8(20-11)10(15)16/h2-4H,1H3,(H,15,16). The van der Waals surface area contributed by atoms with Crippen molar-refractivity contribution < 1.29 is 19.6 Å². The molecule has 0 saturated heterocycles. The number of aryl methyl sites for hydroxylation is 1. The fraction of sp³-hybridized carbons (Fsp3) is 0.0909. The highest BCUT2D eigenvalue weighted by Crippen LogP contribution is 2.36. The molecular weight excluding hydrogens is 308 g/mol. The Hall–Kier alpha value is -2.19. The van der Waals surface area contributed by atoms with E-state index in [-0.39, 0.29) is 26.7 Å². The summed E-state index contributed by atoms with van der Waals surface area (Å²) in [5.74, 6) is -1.26. The monoisotopic (exact) mass is 314 g/mol. The molecule has 0 spiro atoms. The fourth-order valence-corrected chi connectivity index (χ4v) is 2.39. The van der Waals surface area contributed by atoms with E-state index in [4.69, 9.17) is 21.4 Å². The number of hydrogen-bond acceptors (Lipinski definition) is 6. The molecule has 0 fully saturated rings. The predicted molar refractivity (Wildman–Crippen MR) is 72.0 cm³/mol. The lowest BCUT2D eigenvalue weighted by Gasteiger charge is -2.03. The van der Waals surface area contributed by atoms with Gasteiger partial charge in [0.05, 0.1) is 4.92 Å². The maximum Gasteiger partial charge on any atom is 0.349 e. The lowest BCUT2D eigenvalue weighted by Crippen LogP contribution is -1.93. The number of carbonyl (C=O) groups is 1. The van der Waals surface area contributed by atoms with Crippen molar-refractivity contribution >= 4 is 34.6 Å². The molecule has 1 aromatic heterocycles. The minimum Gasteiger partial charge on any atom is -0.477 e. The Bertz CT molecular complexity index is 700. The van der Waals surface area contributed by atoms with Gasteiger partial charge in [0.1, 0.15) is 0 Å². The van der Waals surface area contributed by atoms with Crippen LogP contribution >= 0.6 is 22.9 Å². The number of nitrogens with zero attached hydrogens (tertiary/aromatic N) is 2. The van der Waals surface area contributed by atoms with E-state index >= 15 is 0 Å². The number of nitro groups is 1. The smallest absolute Gasteiger partial charge is 0.349 e. The van der Waals surface area contributed by atoms with Crippen LogP contribution in [0.2, 0.25) is 5.15 Å². The van der Waals surface area contributed by atoms with Gasteiger partial charge in [0.2, 0.25) is 5.75 Å². The summed E-state index contributed by atoms with van der Waals surface area (Å²) < 4.78 is 5.26. The molecule has 0 bridgehead atoms. The van der Waals surface area contributed by atoms with E-state index in [2.05, 4.69) is 4.98 Å². The zero-order valence-corrected chi connectivity index (χ0v) is 11.6. The minimum absolute atomic E-state index is 0.0250. The van der Waals surface area contributed by atoms with E-state index in [1.807, 2.05) is 0 Å². The van der Waals surface area contributed by atoms with Crippen LogP contribution in [0, 0.1) is 17.0 Å². The molecular formula is C11H7ClN2O5S. The van der Waals surface area contributed by atoms with Gasteiger partial charge in [-0.2, -0.15) is 4.98 Å². The largest absolute Gasteiger partial charge is 0.477 e. The van der Waals surface area contributed by atoms with Crippen LogP contribution in [0.25, 0.3) is 0 Å². The van der Waals surface area contributed by atoms with Gasteiger partial charge in [0, 0.05) is 6.07 Å². The summed E-state index contributed by atoms with van der Waals surface area (Å²) in [4.78, 5) is 24.7. The van der Waals surface area contributed by atoms with E-state index in [0.29, 0.717) is 16.9 Å². The molecule has 9 heteroatoms. The second-order valence-electron chi connectivity index (χ2n) is 3.74. The Morgan fingerprint density at radius 1 is 1.55 bits per heavy atom. The number of aromatic carboxylic acids is 1. The summed E-state index contributed by atoms with van der Waals surface area (Å²) >= 11 is 6.34. The van der Waals surface area contributed by atoms with Crippen molar-refractivity contribution in [3.63, 3.8) is 0 Å². The number of ether oxygens (including phenoxy) is 1. The summed E-state index contributed by atoms with van der Waals surface area (Å²) in [7, 11) is 0. The van der Waals surface area contributed by atoms with Crippen molar-refractivity contribution in [2.45, 2.75) is 6.92 Å². The number of hydrogen-bond donors (Lipinski definition) is 1. The van der Waals surface area contributed by atoms with E-state index in [0.717, 1.165) is 0 Å². The lowest BCUT2D eigenvalue weighted by molar-refractivity contribution is -0.385. The molecule has 0 amide bonds. The van der Waals surface area contributed by atoms with Gasteiger partial charge in [-0.25, -0.2) is 4.79 Å². The van der Waals surface area contributed by atoms with Crippen LogP contribution in [0.15, 0.2) is 18.2 Å². The Labute approximate surface area is 121 Å². The number of halogens is 1. The van der Waals surface area contributed by atoms with Crippen LogP contribution in [-0.4, -0.2) is 21.0 Å². The SMILES string of the molecule is Cc1ccc(Oc2nc(Cl)c(C(=O)O)s2)c([N+](=O)[O-])c1. The van der Waals surface area contributed by atoms with Crippen LogP contribution in [0.3, 0.4) is 0 Å². The third kappa shape index (κ3) is 2.86. The summed E-state index contributed by atoms with van der Waals surface area (Å²) in [6.07, 6.45) is 0. The average Bonchev–Trinajstić information content (AvgIpc) is 2.72. The maximum atomic E-state index is 10.9. The molecule has 2 aromatic rings. The summed E-state index contributed by atoms with van der Waals surface area (Å²) in [6.45, 7) is 1.71. The summed E-state index contributed by atoms with van der Waals surface area (Å²) in [5, 5.41) is 19.5. The number of rotatable bonds is 4. The van der Waals surface area contributed by atoms with Crippen LogP contribution in [0.4, 0.5) is 5.69 Å². The predicted octanol–water partition coefficient (Wildman–Crippen LogP) is 3.50. The molecule has 0 saturated carbocycles. The molecule has 0 radical (unpaired) electrons. The lowest BCUT2D eigenvalue weighted by atomic mass is 10.2.